The Balaban J connectivity index is 1.60. The minimum Gasteiger partial charge on any atom is -0.481 e. The van der Waals surface area contributed by atoms with Crippen molar-refractivity contribution in [2.75, 3.05) is 6.61 Å². The van der Waals surface area contributed by atoms with E-state index in [1.165, 1.54) is 24.0 Å². The first-order valence-electron chi connectivity index (χ1n) is 10.4. The lowest BCUT2D eigenvalue weighted by molar-refractivity contribution is -0.139. The van der Waals surface area contributed by atoms with Crippen molar-refractivity contribution >= 4 is 22.8 Å². The lowest BCUT2D eigenvalue weighted by atomic mass is 9.99. The quantitative estimate of drug-likeness (QED) is 0.630. The SMILES string of the molecule is NC(=O)C1CCc2c1c1c(OCC(=O)O)cccc1n2Cc1ccc(C2CC2)cc1. The summed E-state index contributed by atoms with van der Waals surface area (Å²) in [7, 11) is 0. The Labute approximate surface area is 174 Å². The smallest absolute Gasteiger partial charge is 0.341 e. The van der Waals surface area contributed by atoms with E-state index in [1.807, 2.05) is 12.1 Å². The van der Waals surface area contributed by atoms with E-state index in [2.05, 4.69) is 28.8 Å². The third kappa shape index (κ3) is 3.22. The van der Waals surface area contributed by atoms with E-state index in [4.69, 9.17) is 15.6 Å². The molecule has 0 radical (unpaired) electrons. The van der Waals surface area contributed by atoms with Crippen LogP contribution in [0, 0.1) is 0 Å². The van der Waals surface area contributed by atoms with Crippen LogP contribution in [0.4, 0.5) is 0 Å². The molecule has 2 aromatic carbocycles. The lowest BCUT2D eigenvalue weighted by Gasteiger charge is -2.12. The highest BCUT2D eigenvalue weighted by atomic mass is 16.5. The molecule has 1 fully saturated rings. The highest BCUT2D eigenvalue weighted by Crippen LogP contribution is 2.45. The minimum atomic E-state index is -1.04. The molecule has 3 N–H and O–H groups in total. The maximum Gasteiger partial charge on any atom is 0.341 e. The number of rotatable bonds is 7. The third-order valence-electron chi connectivity index (χ3n) is 6.28. The zero-order valence-corrected chi connectivity index (χ0v) is 16.6. The van der Waals surface area contributed by atoms with Crippen LogP contribution in [-0.4, -0.2) is 28.2 Å². The van der Waals surface area contributed by atoms with Crippen LogP contribution < -0.4 is 10.5 Å². The molecular formula is C24H24N2O4. The molecule has 5 rings (SSSR count). The fourth-order valence-electron chi connectivity index (χ4n) is 4.74. The second kappa shape index (κ2) is 7.20. The summed E-state index contributed by atoms with van der Waals surface area (Å²) in [5, 5.41) is 9.85. The van der Waals surface area contributed by atoms with Gasteiger partial charge in [-0.25, -0.2) is 4.79 Å². The number of carboxylic acids is 1. The van der Waals surface area contributed by atoms with Crippen LogP contribution in [0.3, 0.4) is 0 Å². The number of nitrogens with two attached hydrogens (primary N) is 1. The first kappa shape index (κ1) is 18.7. The maximum atomic E-state index is 12.1. The Hall–Kier alpha value is -3.28. The number of aromatic nitrogens is 1. The highest BCUT2D eigenvalue weighted by molar-refractivity contribution is 5.97. The number of ether oxygens (including phenoxy) is 1. The summed E-state index contributed by atoms with van der Waals surface area (Å²) in [6.07, 6.45) is 3.99. The summed E-state index contributed by atoms with van der Waals surface area (Å²) in [4.78, 5) is 23.2. The zero-order valence-electron chi connectivity index (χ0n) is 16.6. The van der Waals surface area contributed by atoms with Crippen molar-refractivity contribution in [2.45, 2.75) is 44.1 Å². The molecule has 1 amide bonds. The molecule has 3 aromatic rings. The van der Waals surface area contributed by atoms with E-state index in [-0.39, 0.29) is 11.8 Å². The molecule has 1 aromatic heterocycles. The van der Waals surface area contributed by atoms with Crippen molar-refractivity contribution in [3.05, 3.63) is 64.8 Å². The van der Waals surface area contributed by atoms with Crippen molar-refractivity contribution in [3.63, 3.8) is 0 Å². The molecule has 1 atom stereocenters. The summed E-state index contributed by atoms with van der Waals surface area (Å²) in [6.45, 7) is 0.258. The second-order valence-electron chi connectivity index (χ2n) is 8.29. The molecule has 0 spiro atoms. The Morgan fingerprint density at radius 1 is 1.10 bits per heavy atom. The van der Waals surface area contributed by atoms with Gasteiger partial charge in [0.15, 0.2) is 6.61 Å². The summed E-state index contributed by atoms with van der Waals surface area (Å²) in [5.41, 5.74) is 11.2. The van der Waals surface area contributed by atoms with Crippen LogP contribution >= 0.6 is 0 Å². The summed E-state index contributed by atoms with van der Waals surface area (Å²) >= 11 is 0. The van der Waals surface area contributed by atoms with Crippen LogP contribution in [0.5, 0.6) is 5.75 Å². The average molecular weight is 404 g/mol. The number of amides is 1. The second-order valence-corrected chi connectivity index (χ2v) is 8.29. The number of hydrogen-bond acceptors (Lipinski definition) is 3. The van der Waals surface area contributed by atoms with Crippen LogP contribution in [0.15, 0.2) is 42.5 Å². The summed E-state index contributed by atoms with van der Waals surface area (Å²) in [6, 6.07) is 14.4. The van der Waals surface area contributed by atoms with Gasteiger partial charge in [-0.05, 0) is 60.4 Å². The molecule has 0 saturated heterocycles. The third-order valence-corrected chi connectivity index (χ3v) is 6.28. The van der Waals surface area contributed by atoms with Gasteiger partial charge in [-0.3, -0.25) is 4.79 Å². The fourth-order valence-corrected chi connectivity index (χ4v) is 4.74. The maximum absolute atomic E-state index is 12.1. The first-order valence-corrected chi connectivity index (χ1v) is 10.4. The fraction of sp³-hybridized carbons (Fsp3) is 0.333. The summed E-state index contributed by atoms with van der Waals surface area (Å²) < 4.78 is 7.81. The van der Waals surface area contributed by atoms with Crippen molar-refractivity contribution in [1.82, 2.24) is 4.57 Å². The van der Waals surface area contributed by atoms with Crippen LogP contribution in [-0.2, 0) is 22.6 Å². The monoisotopic (exact) mass is 404 g/mol. The predicted octanol–water partition coefficient (Wildman–Crippen LogP) is 3.55. The molecular weight excluding hydrogens is 380 g/mol. The predicted molar refractivity (Wildman–Crippen MR) is 113 cm³/mol. The van der Waals surface area contributed by atoms with Gasteiger partial charge in [0.2, 0.25) is 5.91 Å². The Morgan fingerprint density at radius 2 is 1.87 bits per heavy atom. The number of fused-ring (bicyclic) bond motifs is 3. The zero-order chi connectivity index (χ0) is 20.8. The van der Waals surface area contributed by atoms with Crippen molar-refractivity contribution in [2.24, 2.45) is 5.73 Å². The molecule has 30 heavy (non-hydrogen) atoms. The molecule has 154 valence electrons. The standard InChI is InChI=1S/C24H24N2O4/c25-24(29)17-10-11-19-22(17)23-18(2-1-3-20(23)30-13-21(27)28)26(19)12-14-4-6-15(7-5-14)16-8-9-16/h1-7,16-17H,8-13H2,(H2,25,29)(H,27,28). The Morgan fingerprint density at radius 3 is 2.53 bits per heavy atom. The number of hydrogen-bond donors (Lipinski definition) is 2. The van der Waals surface area contributed by atoms with Crippen molar-refractivity contribution in [1.29, 1.82) is 0 Å². The van der Waals surface area contributed by atoms with E-state index < -0.39 is 12.6 Å². The number of carboxylic acid groups (broad SMARTS) is 1. The average Bonchev–Trinajstić information content (AvgIpc) is 3.41. The number of aliphatic carboxylic acids is 1. The van der Waals surface area contributed by atoms with Gasteiger partial charge < -0.3 is 20.1 Å². The van der Waals surface area contributed by atoms with E-state index in [9.17, 15) is 9.59 Å². The number of carbonyl (C=O) groups is 2. The first-order chi connectivity index (χ1) is 14.5. The molecule has 6 nitrogen and oxygen atoms in total. The van der Waals surface area contributed by atoms with Crippen LogP contribution in [0.25, 0.3) is 10.9 Å². The number of nitrogens with zero attached hydrogens (tertiary/aromatic N) is 1. The molecule has 6 heteroatoms. The largest absolute Gasteiger partial charge is 0.481 e. The van der Waals surface area contributed by atoms with Gasteiger partial charge in [0.05, 0.1) is 11.4 Å². The highest BCUT2D eigenvalue weighted by Gasteiger charge is 2.34. The summed E-state index contributed by atoms with van der Waals surface area (Å²) in [5.74, 6) is -0.557. The molecule has 0 bridgehead atoms. The van der Waals surface area contributed by atoms with Gasteiger partial charge in [-0.1, -0.05) is 30.3 Å². The van der Waals surface area contributed by atoms with Crippen molar-refractivity contribution in [3.8, 4) is 5.75 Å². The molecule has 1 unspecified atom stereocenters. The number of carbonyl (C=O) groups excluding carboxylic acids is 1. The normalized spacial score (nSPS) is 17.8. The van der Waals surface area contributed by atoms with E-state index in [0.717, 1.165) is 34.5 Å². The van der Waals surface area contributed by atoms with Gasteiger partial charge >= 0.3 is 5.97 Å². The van der Waals surface area contributed by atoms with Gasteiger partial charge in [-0.2, -0.15) is 0 Å². The molecule has 1 heterocycles. The molecule has 2 aliphatic rings. The van der Waals surface area contributed by atoms with E-state index in [1.54, 1.807) is 6.07 Å². The molecule has 1 saturated carbocycles. The van der Waals surface area contributed by atoms with E-state index >= 15 is 0 Å². The minimum absolute atomic E-state index is 0.352. The van der Waals surface area contributed by atoms with Gasteiger partial charge in [0.1, 0.15) is 5.75 Å². The molecule has 2 aliphatic carbocycles. The topological polar surface area (TPSA) is 94.6 Å². The van der Waals surface area contributed by atoms with Crippen molar-refractivity contribution < 1.29 is 19.4 Å². The van der Waals surface area contributed by atoms with E-state index in [0.29, 0.717) is 18.7 Å². The van der Waals surface area contributed by atoms with Gasteiger partial charge in [0, 0.05) is 17.6 Å². The van der Waals surface area contributed by atoms with Crippen LogP contribution in [0.2, 0.25) is 0 Å². The number of primary amides is 1. The number of benzene rings is 2. The van der Waals surface area contributed by atoms with Gasteiger partial charge in [0.25, 0.3) is 0 Å². The Kier molecular flexibility index (Phi) is 4.50. The molecule has 0 aliphatic heterocycles. The Bertz CT molecular complexity index is 1140. The van der Waals surface area contributed by atoms with Gasteiger partial charge in [-0.15, -0.1) is 0 Å². The van der Waals surface area contributed by atoms with Crippen LogP contribution in [0.1, 0.15) is 53.5 Å². The lowest BCUT2D eigenvalue weighted by Crippen LogP contribution is -2.19.